The highest BCUT2D eigenvalue weighted by Gasteiger charge is 2.18. The molecule has 2 N–H and O–H groups in total. The van der Waals surface area contributed by atoms with Gasteiger partial charge in [0.15, 0.2) is 11.5 Å². The fourth-order valence-corrected chi connectivity index (χ4v) is 3.69. The first-order chi connectivity index (χ1) is 13.9. The topological polar surface area (TPSA) is 89.4 Å². The normalized spacial score (nSPS) is 10.8. The van der Waals surface area contributed by atoms with Crippen LogP contribution in [0.5, 0.6) is 23.0 Å². The molecule has 156 valence electrons. The Kier molecular flexibility index (Phi) is 8.78. The maximum atomic E-state index is 12.6. The molecule has 0 aliphatic carbocycles. The van der Waals surface area contributed by atoms with Gasteiger partial charge in [-0.2, -0.15) is 5.10 Å². The summed E-state index contributed by atoms with van der Waals surface area (Å²) in [6.07, 6.45) is 1.35. The van der Waals surface area contributed by atoms with Crippen molar-refractivity contribution in [2.75, 3.05) is 19.8 Å². The van der Waals surface area contributed by atoms with E-state index in [0.29, 0.717) is 52.7 Å². The summed E-state index contributed by atoms with van der Waals surface area (Å²) < 4.78 is 18.1. The monoisotopic (exact) mass is 528 g/mol. The van der Waals surface area contributed by atoms with Gasteiger partial charge in [-0.3, -0.25) is 4.79 Å². The SMILES string of the molecule is CCOc1cc(C(=O)N/N=C/c2cc(Br)cc(Br)c2O)cc(OCC)c1OCC. The van der Waals surface area contributed by atoms with Crippen LogP contribution in [0.2, 0.25) is 0 Å². The van der Waals surface area contributed by atoms with Crippen LogP contribution in [0.25, 0.3) is 0 Å². The molecule has 0 atom stereocenters. The van der Waals surface area contributed by atoms with Gasteiger partial charge in [0.1, 0.15) is 5.75 Å². The number of phenolic OH excluding ortho intramolecular Hbond substituents is 1. The summed E-state index contributed by atoms with van der Waals surface area (Å²) in [6, 6.07) is 6.53. The van der Waals surface area contributed by atoms with Gasteiger partial charge < -0.3 is 19.3 Å². The van der Waals surface area contributed by atoms with Crippen LogP contribution >= 0.6 is 31.9 Å². The van der Waals surface area contributed by atoms with Gasteiger partial charge in [0.25, 0.3) is 5.91 Å². The molecule has 2 aromatic carbocycles. The summed E-state index contributed by atoms with van der Waals surface area (Å²) in [5.74, 6) is 0.857. The number of aromatic hydroxyl groups is 1. The number of carbonyl (C=O) groups excluding carboxylic acids is 1. The van der Waals surface area contributed by atoms with E-state index in [1.807, 2.05) is 20.8 Å². The maximum absolute atomic E-state index is 12.6. The summed E-state index contributed by atoms with van der Waals surface area (Å²) >= 11 is 6.59. The zero-order chi connectivity index (χ0) is 21.4. The lowest BCUT2D eigenvalue weighted by Crippen LogP contribution is -2.18. The van der Waals surface area contributed by atoms with E-state index >= 15 is 0 Å². The van der Waals surface area contributed by atoms with Crippen LogP contribution in [0.3, 0.4) is 0 Å². The Morgan fingerprint density at radius 1 is 1.03 bits per heavy atom. The van der Waals surface area contributed by atoms with E-state index in [2.05, 4.69) is 42.4 Å². The summed E-state index contributed by atoms with van der Waals surface area (Å²) in [5, 5.41) is 14.0. The van der Waals surface area contributed by atoms with Crippen molar-refractivity contribution in [1.82, 2.24) is 5.43 Å². The highest BCUT2D eigenvalue weighted by molar-refractivity contribution is 9.11. The van der Waals surface area contributed by atoms with E-state index < -0.39 is 5.91 Å². The van der Waals surface area contributed by atoms with Gasteiger partial charge in [-0.15, -0.1) is 0 Å². The van der Waals surface area contributed by atoms with Crippen LogP contribution in [0, 0.1) is 0 Å². The number of hydrogen-bond donors (Lipinski definition) is 2. The minimum atomic E-state index is -0.459. The fraction of sp³-hybridized carbons (Fsp3) is 0.300. The number of carbonyl (C=O) groups is 1. The van der Waals surface area contributed by atoms with Crippen molar-refractivity contribution in [2.24, 2.45) is 5.10 Å². The van der Waals surface area contributed by atoms with Gasteiger partial charge in [0, 0.05) is 15.6 Å². The Morgan fingerprint density at radius 2 is 1.62 bits per heavy atom. The first-order valence-electron chi connectivity index (χ1n) is 8.99. The van der Waals surface area contributed by atoms with E-state index in [-0.39, 0.29) is 5.75 Å². The number of amides is 1. The maximum Gasteiger partial charge on any atom is 0.271 e. The molecule has 0 unspecified atom stereocenters. The standard InChI is InChI=1S/C20H22Br2N2O5/c1-4-27-16-8-12(9-17(28-5-2)19(16)29-6-3)20(26)24-23-11-13-7-14(21)10-15(22)18(13)25/h7-11,25H,4-6H2,1-3H3,(H,24,26)/b23-11+. The molecule has 0 radical (unpaired) electrons. The molecule has 7 nitrogen and oxygen atoms in total. The number of benzene rings is 2. The van der Waals surface area contributed by atoms with Crippen LogP contribution in [0.1, 0.15) is 36.7 Å². The van der Waals surface area contributed by atoms with E-state index in [4.69, 9.17) is 14.2 Å². The molecular weight excluding hydrogens is 508 g/mol. The highest BCUT2D eigenvalue weighted by atomic mass is 79.9. The third-order valence-electron chi connectivity index (χ3n) is 3.60. The van der Waals surface area contributed by atoms with Crippen LogP contribution < -0.4 is 19.6 Å². The zero-order valence-electron chi connectivity index (χ0n) is 16.3. The lowest BCUT2D eigenvalue weighted by molar-refractivity contribution is 0.0954. The van der Waals surface area contributed by atoms with Crippen LogP contribution in [0.15, 0.2) is 38.3 Å². The fourth-order valence-electron chi connectivity index (χ4n) is 2.43. The van der Waals surface area contributed by atoms with Crippen molar-refractivity contribution in [3.8, 4) is 23.0 Å². The predicted molar refractivity (Wildman–Crippen MR) is 119 cm³/mol. The van der Waals surface area contributed by atoms with Crippen LogP contribution in [-0.2, 0) is 0 Å². The smallest absolute Gasteiger partial charge is 0.271 e. The van der Waals surface area contributed by atoms with Crippen LogP contribution in [-0.4, -0.2) is 37.0 Å². The highest BCUT2D eigenvalue weighted by Crippen LogP contribution is 2.39. The number of nitrogens with zero attached hydrogens (tertiary/aromatic N) is 1. The van der Waals surface area contributed by atoms with Crippen molar-refractivity contribution >= 4 is 44.0 Å². The second kappa shape index (κ2) is 11.1. The molecule has 2 rings (SSSR count). The van der Waals surface area contributed by atoms with Crippen molar-refractivity contribution in [1.29, 1.82) is 0 Å². The molecule has 0 aromatic heterocycles. The van der Waals surface area contributed by atoms with Crippen molar-refractivity contribution < 1.29 is 24.1 Å². The first-order valence-corrected chi connectivity index (χ1v) is 10.6. The summed E-state index contributed by atoms with van der Waals surface area (Å²) in [4.78, 5) is 12.6. The Bertz CT molecular complexity index is 876. The molecule has 0 saturated heterocycles. The Labute approximate surface area is 186 Å². The molecule has 2 aromatic rings. The molecule has 1 amide bonds. The third-order valence-corrected chi connectivity index (χ3v) is 4.66. The molecule has 0 spiro atoms. The third kappa shape index (κ3) is 6.11. The van der Waals surface area contributed by atoms with Crippen molar-refractivity contribution in [2.45, 2.75) is 20.8 Å². The summed E-state index contributed by atoms with van der Waals surface area (Å²) in [6.45, 7) is 6.79. The number of hydrazone groups is 1. The minimum absolute atomic E-state index is 0.0181. The van der Waals surface area contributed by atoms with E-state index in [1.54, 1.807) is 24.3 Å². The Morgan fingerprint density at radius 3 is 2.17 bits per heavy atom. The van der Waals surface area contributed by atoms with Gasteiger partial charge in [0.2, 0.25) is 5.75 Å². The second-order valence-corrected chi connectivity index (χ2v) is 7.40. The number of halogens is 2. The summed E-state index contributed by atoms with van der Waals surface area (Å²) in [7, 11) is 0. The van der Waals surface area contributed by atoms with Gasteiger partial charge in [-0.25, -0.2) is 5.43 Å². The molecule has 0 aliphatic heterocycles. The van der Waals surface area contributed by atoms with Gasteiger partial charge >= 0.3 is 0 Å². The molecular formula is C20H22Br2N2O5. The average Bonchev–Trinajstić information content (AvgIpc) is 2.68. The van der Waals surface area contributed by atoms with E-state index in [1.165, 1.54) is 6.21 Å². The molecule has 0 heterocycles. The molecule has 9 heteroatoms. The van der Waals surface area contributed by atoms with Gasteiger partial charge in [-0.1, -0.05) is 15.9 Å². The molecule has 29 heavy (non-hydrogen) atoms. The average molecular weight is 530 g/mol. The Hall–Kier alpha value is -2.26. The van der Waals surface area contributed by atoms with Crippen LogP contribution in [0.4, 0.5) is 0 Å². The number of hydrogen-bond acceptors (Lipinski definition) is 6. The predicted octanol–water partition coefficient (Wildman–Crippen LogP) is 4.88. The lowest BCUT2D eigenvalue weighted by atomic mass is 10.1. The van der Waals surface area contributed by atoms with E-state index in [9.17, 15) is 9.90 Å². The second-order valence-electron chi connectivity index (χ2n) is 5.63. The molecule has 0 aliphatic rings. The number of phenols is 1. The summed E-state index contributed by atoms with van der Waals surface area (Å²) in [5.41, 5.74) is 3.18. The largest absolute Gasteiger partial charge is 0.506 e. The minimum Gasteiger partial charge on any atom is -0.506 e. The number of rotatable bonds is 9. The lowest BCUT2D eigenvalue weighted by Gasteiger charge is -2.16. The zero-order valence-corrected chi connectivity index (χ0v) is 19.5. The Balaban J connectivity index is 2.28. The molecule has 0 fully saturated rings. The van der Waals surface area contributed by atoms with Crippen molar-refractivity contribution in [3.05, 3.63) is 44.3 Å². The quantitative estimate of drug-likeness (QED) is 0.357. The number of nitrogens with one attached hydrogen (secondary N) is 1. The molecule has 0 saturated carbocycles. The van der Waals surface area contributed by atoms with Gasteiger partial charge in [0.05, 0.1) is 30.5 Å². The number of ether oxygens (including phenoxy) is 3. The van der Waals surface area contributed by atoms with Crippen molar-refractivity contribution in [3.63, 3.8) is 0 Å². The van der Waals surface area contributed by atoms with E-state index in [0.717, 1.165) is 4.47 Å². The van der Waals surface area contributed by atoms with Gasteiger partial charge in [-0.05, 0) is 61.0 Å². The molecule has 0 bridgehead atoms. The first kappa shape index (κ1) is 23.0.